The van der Waals surface area contributed by atoms with Gasteiger partial charge in [-0.1, -0.05) is 0 Å². The smallest absolute Gasteiger partial charge is 0.425 e. The van der Waals surface area contributed by atoms with Gasteiger partial charge in [0.25, 0.3) is 0 Å². The molecule has 3 aromatic rings. The summed E-state index contributed by atoms with van der Waals surface area (Å²) in [5.41, 5.74) is 1.31. The van der Waals surface area contributed by atoms with Gasteiger partial charge in [-0.05, 0) is 68.3 Å². The minimum absolute atomic E-state index is 0.0613. The van der Waals surface area contributed by atoms with E-state index in [1.54, 1.807) is 12.3 Å². The molecule has 1 aliphatic heterocycles. The normalized spacial score (nSPS) is 24.5. The van der Waals surface area contributed by atoms with Gasteiger partial charge in [-0.2, -0.15) is 22.5 Å². The van der Waals surface area contributed by atoms with E-state index in [1.165, 1.54) is 27.1 Å². The molecule has 2 aliphatic rings. The van der Waals surface area contributed by atoms with Crippen LogP contribution in [0.15, 0.2) is 24.4 Å². The van der Waals surface area contributed by atoms with Crippen molar-refractivity contribution >= 4 is 28.1 Å². The summed E-state index contributed by atoms with van der Waals surface area (Å²) < 4.78 is 49.7. The predicted octanol–water partition coefficient (Wildman–Crippen LogP) is 4.15. The molecule has 31 heavy (non-hydrogen) atoms. The number of nitrogens with zero attached hydrogens (tertiary/aromatic N) is 5. The lowest BCUT2D eigenvalue weighted by molar-refractivity contribution is -0.189. The molecular formula is C20H23F3N6OS. The molecule has 1 saturated heterocycles. The van der Waals surface area contributed by atoms with Crippen LogP contribution in [0.25, 0.3) is 5.65 Å². The maximum absolute atomic E-state index is 12.9. The van der Waals surface area contributed by atoms with Gasteiger partial charge in [-0.15, -0.1) is 5.10 Å². The highest BCUT2D eigenvalue weighted by Crippen LogP contribution is 2.41. The zero-order valence-corrected chi connectivity index (χ0v) is 18.0. The van der Waals surface area contributed by atoms with E-state index in [1.807, 2.05) is 6.92 Å². The molecule has 2 bridgehead atoms. The van der Waals surface area contributed by atoms with E-state index in [-0.39, 0.29) is 17.4 Å². The molecular weight excluding hydrogens is 429 g/mol. The van der Waals surface area contributed by atoms with Crippen LogP contribution < -0.4 is 15.0 Å². The van der Waals surface area contributed by atoms with E-state index in [9.17, 15) is 13.2 Å². The van der Waals surface area contributed by atoms with Gasteiger partial charge in [-0.25, -0.2) is 4.52 Å². The fourth-order valence-corrected chi connectivity index (χ4v) is 5.36. The first-order valence-corrected chi connectivity index (χ1v) is 11.1. The molecule has 2 fully saturated rings. The maximum Gasteiger partial charge on any atom is 0.425 e. The summed E-state index contributed by atoms with van der Waals surface area (Å²) in [7, 11) is 0. The van der Waals surface area contributed by atoms with E-state index in [0.29, 0.717) is 17.8 Å². The molecule has 0 spiro atoms. The topological polar surface area (TPSA) is 67.6 Å². The van der Waals surface area contributed by atoms with Gasteiger partial charge in [-0.3, -0.25) is 0 Å². The molecule has 2 unspecified atom stereocenters. The first kappa shape index (κ1) is 20.3. The lowest BCUT2D eigenvalue weighted by Gasteiger charge is -2.38. The molecule has 4 heterocycles. The van der Waals surface area contributed by atoms with Crippen LogP contribution >= 0.6 is 11.5 Å². The number of piperidine rings is 1. The lowest BCUT2D eigenvalue weighted by Crippen LogP contribution is -2.48. The largest absolute Gasteiger partial charge is 0.477 e. The van der Waals surface area contributed by atoms with Gasteiger partial charge in [0.05, 0.1) is 5.69 Å². The first-order valence-electron chi connectivity index (χ1n) is 10.3. The third-order valence-electron chi connectivity index (χ3n) is 6.15. The van der Waals surface area contributed by atoms with Gasteiger partial charge >= 0.3 is 6.18 Å². The van der Waals surface area contributed by atoms with Crippen LogP contribution in [-0.4, -0.2) is 50.4 Å². The number of aryl methyl sites for hydroxylation is 1. The zero-order valence-electron chi connectivity index (χ0n) is 17.1. The van der Waals surface area contributed by atoms with Crippen molar-refractivity contribution in [3.05, 3.63) is 30.1 Å². The second-order valence-electron chi connectivity index (χ2n) is 8.36. The first-order chi connectivity index (χ1) is 14.8. The Morgan fingerprint density at radius 3 is 2.65 bits per heavy atom. The Labute approximate surface area is 181 Å². The van der Waals surface area contributed by atoms with Crippen LogP contribution in [0.3, 0.4) is 0 Å². The summed E-state index contributed by atoms with van der Waals surface area (Å²) in [6, 6.07) is 5.45. The molecule has 0 radical (unpaired) electrons. The molecule has 3 aromatic heterocycles. The quantitative estimate of drug-likeness (QED) is 0.627. The van der Waals surface area contributed by atoms with Crippen molar-refractivity contribution in [2.75, 3.05) is 23.3 Å². The maximum atomic E-state index is 12.9. The Morgan fingerprint density at radius 1 is 1.26 bits per heavy atom. The van der Waals surface area contributed by atoms with Crippen LogP contribution in [0.5, 0.6) is 5.75 Å². The molecule has 0 aromatic carbocycles. The lowest BCUT2D eigenvalue weighted by atomic mass is 9.92. The van der Waals surface area contributed by atoms with Crippen LogP contribution in [0.4, 0.5) is 24.1 Å². The van der Waals surface area contributed by atoms with Crippen molar-refractivity contribution in [3.63, 3.8) is 0 Å². The van der Waals surface area contributed by atoms with Gasteiger partial charge < -0.3 is 15.0 Å². The van der Waals surface area contributed by atoms with E-state index in [4.69, 9.17) is 4.74 Å². The number of nitrogens with one attached hydrogen (secondary N) is 1. The van der Waals surface area contributed by atoms with Gasteiger partial charge in [0.15, 0.2) is 17.5 Å². The summed E-state index contributed by atoms with van der Waals surface area (Å²) in [4.78, 5) is 6.86. The van der Waals surface area contributed by atoms with Crippen molar-refractivity contribution in [2.24, 2.45) is 11.8 Å². The Kier molecular flexibility index (Phi) is 4.95. The van der Waals surface area contributed by atoms with Crippen molar-refractivity contribution in [1.29, 1.82) is 0 Å². The van der Waals surface area contributed by atoms with Gasteiger partial charge in [0.2, 0.25) is 5.95 Å². The second kappa shape index (κ2) is 7.54. The summed E-state index contributed by atoms with van der Waals surface area (Å²) in [5, 5.41) is 9.09. The number of alkyl halides is 3. The standard InChI is InChI=1S/C20H23F3N6OS/c1-11-8-16(31-27-11)28-9-13-5-6-14(10-28)17(13)24-19-25-18-15(4-3-7-29(18)26-19)30-12(2)20(21,22)23/h3-4,7-8,12-14,17H,5-6,9-10H2,1-2H3,(H,24,26)/t12?,13-,14?,17-/m0/s1. The van der Waals surface area contributed by atoms with E-state index < -0.39 is 12.3 Å². The summed E-state index contributed by atoms with van der Waals surface area (Å²) in [5.74, 6) is 1.38. The highest BCUT2D eigenvalue weighted by atomic mass is 32.1. The molecule has 1 N–H and O–H groups in total. The number of aromatic nitrogens is 4. The predicted molar refractivity (Wildman–Crippen MR) is 112 cm³/mol. The fourth-order valence-electron chi connectivity index (χ4n) is 4.58. The Hall–Kier alpha value is -2.56. The molecule has 1 aliphatic carbocycles. The number of hydrogen-bond donors (Lipinski definition) is 1. The highest BCUT2D eigenvalue weighted by Gasteiger charge is 2.43. The third kappa shape index (κ3) is 3.90. The highest BCUT2D eigenvalue weighted by molar-refractivity contribution is 7.10. The van der Waals surface area contributed by atoms with Crippen LogP contribution in [0.1, 0.15) is 25.5 Å². The SMILES string of the molecule is Cc1cc(N2CC3CC[C@@H](C2)[C@@H]3Nc2nc3c(OC(C)C(F)(F)F)cccn3n2)sn1. The molecule has 11 heteroatoms. The van der Waals surface area contributed by atoms with E-state index in [0.717, 1.165) is 38.5 Å². The Bertz CT molecular complexity index is 1070. The van der Waals surface area contributed by atoms with Crippen molar-refractivity contribution < 1.29 is 17.9 Å². The van der Waals surface area contributed by atoms with Crippen molar-refractivity contribution in [3.8, 4) is 5.75 Å². The second-order valence-corrected chi connectivity index (χ2v) is 9.14. The number of anilines is 2. The number of pyridine rings is 1. The van der Waals surface area contributed by atoms with Gasteiger partial charge in [0, 0.05) is 25.3 Å². The molecule has 7 nitrogen and oxygen atoms in total. The summed E-state index contributed by atoms with van der Waals surface area (Å²) in [6.07, 6.45) is -2.47. The average Bonchev–Trinajstić information content (AvgIpc) is 3.38. The van der Waals surface area contributed by atoms with E-state index in [2.05, 4.69) is 30.7 Å². The number of hydrogen-bond acceptors (Lipinski definition) is 7. The van der Waals surface area contributed by atoms with Gasteiger partial charge in [0.1, 0.15) is 5.00 Å². The monoisotopic (exact) mass is 452 g/mol. The number of rotatable bonds is 5. The van der Waals surface area contributed by atoms with Crippen molar-refractivity contribution in [2.45, 2.75) is 45.0 Å². The van der Waals surface area contributed by atoms with Crippen LogP contribution in [0, 0.1) is 18.8 Å². The molecule has 5 rings (SSSR count). The summed E-state index contributed by atoms with van der Waals surface area (Å²) >= 11 is 1.54. The van der Waals surface area contributed by atoms with Crippen LogP contribution in [-0.2, 0) is 0 Å². The zero-order chi connectivity index (χ0) is 21.8. The molecule has 1 saturated carbocycles. The van der Waals surface area contributed by atoms with Crippen LogP contribution in [0.2, 0.25) is 0 Å². The fraction of sp³-hybridized carbons (Fsp3) is 0.550. The number of fused-ring (bicyclic) bond motifs is 3. The summed E-state index contributed by atoms with van der Waals surface area (Å²) in [6.45, 7) is 4.88. The Morgan fingerprint density at radius 2 is 2.00 bits per heavy atom. The minimum atomic E-state index is -4.45. The Balaban J connectivity index is 1.33. The third-order valence-corrected chi connectivity index (χ3v) is 7.09. The van der Waals surface area contributed by atoms with E-state index >= 15 is 0 Å². The molecule has 166 valence electrons. The number of halogens is 3. The van der Waals surface area contributed by atoms with Crippen molar-refractivity contribution in [1.82, 2.24) is 19.0 Å². The minimum Gasteiger partial charge on any atom is -0.477 e. The number of ether oxygens (including phenoxy) is 1. The average molecular weight is 453 g/mol. The molecule has 0 amide bonds. The molecule has 4 atom stereocenters.